The number of carbonyl (C=O) groups is 3. The molecule has 0 saturated heterocycles. The molecule has 0 heterocycles. The Morgan fingerprint density at radius 1 is 0.953 bits per heavy atom. The molecule has 0 amide bonds. The molecule has 9 atom stereocenters. The molecule has 0 bridgehead atoms. The molecule has 0 aromatic carbocycles. The van der Waals surface area contributed by atoms with E-state index in [9.17, 15) is 14.4 Å². The van der Waals surface area contributed by atoms with Gasteiger partial charge in [0.15, 0.2) is 5.78 Å². The maximum atomic E-state index is 13.2. The monoisotopic (exact) mass is 604 g/mol. The average molecular weight is 605 g/mol. The number of methoxy groups -OCH3 is 3. The molecule has 4 aliphatic rings. The van der Waals surface area contributed by atoms with Gasteiger partial charge in [-0.2, -0.15) is 0 Å². The highest BCUT2D eigenvalue weighted by molar-refractivity contribution is 5.86. The number of rotatable bonds is 10. The molecule has 0 aromatic rings. The molecule has 3 fully saturated rings. The molecule has 0 aliphatic heterocycles. The molecule has 43 heavy (non-hydrogen) atoms. The van der Waals surface area contributed by atoms with E-state index in [1.807, 2.05) is 13.8 Å². The topological polar surface area (TPSA) is 107 Å². The number of carbonyl (C=O) groups excluding carboxylic acids is 3. The summed E-state index contributed by atoms with van der Waals surface area (Å²) in [4.78, 5) is 37.5. The van der Waals surface area contributed by atoms with Crippen LogP contribution in [0.25, 0.3) is 0 Å². The zero-order valence-corrected chi connectivity index (χ0v) is 27.5. The minimum absolute atomic E-state index is 0.0981. The third kappa shape index (κ3) is 6.26. The van der Waals surface area contributed by atoms with Crippen LogP contribution in [0.4, 0.5) is 9.59 Å². The summed E-state index contributed by atoms with van der Waals surface area (Å²) < 4.78 is 31.8. The summed E-state index contributed by atoms with van der Waals surface area (Å²) in [5, 5.41) is 0. The van der Waals surface area contributed by atoms with E-state index in [4.69, 9.17) is 28.4 Å². The van der Waals surface area contributed by atoms with Crippen LogP contribution in [-0.4, -0.2) is 64.0 Å². The Morgan fingerprint density at radius 2 is 1.63 bits per heavy atom. The number of hydrogen-bond donors (Lipinski definition) is 0. The van der Waals surface area contributed by atoms with Crippen LogP contribution in [0.15, 0.2) is 23.3 Å². The number of ether oxygens (including phenoxy) is 6. The van der Waals surface area contributed by atoms with Gasteiger partial charge in [0.1, 0.15) is 24.6 Å². The van der Waals surface area contributed by atoms with Crippen molar-refractivity contribution in [3.05, 3.63) is 23.3 Å². The molecule has 0 aromatic heterocycles. The standard InChI is InChI=1S/C34H52O9/c1-20(16-28(35)32(3,4)41-19-38-7)21(2)25-12-13-26-24-11-10-22-17-23(42-30(36)39-8)18-29(43-31(37)40-9)34(22,6)27(24)14-15-33(25,26)5/h10-11,20-21,23,25-27,29H,12-19H2,1-9H3/t20-,21-,23+,25+,26-,27-,29-,33+,34-/m0/s1. The van der Waals surface area contributed by atoms with Gasteiger partial charge in [0.25, 0.3) is 0 Å². The summed E-state index contributed by atoms with van der Waals surface area (Å²) in [6, 6.07) is 0. The second-order valence-electron chi connectivity index (χ2n) is 14.2. The molecule has 0 spiro atoms. The van der Waals surface area contributed by atoms with Crippen LogP contribution in [0.1, 0.15) is 86.5 Å². The van der Waals surface area contributed by atoms with Crippen LogP contribution in [0.3, 0.4) is 0 Å². The Bertz CT molecular complexity index is 1120. The summed E-state index contributed by atoms with van der Waals surface area (Å²) in [5.74, 6) is 1.84. The van der Waals surface area contributed by atoms with E-state index in [1.165, 1.54) is 19.8 Å². The van der Waals surface area contributed by atoms with Crippen molar-refractivity contribution in [2.75, 3.05) is 28.1 Å². The number of fused-ring (bicyclic) bond motifs is 5. The maximum Gasteiger partial charge on any atom is 0.508 e. The molecule has 0 N–H and O–H groups in total. The van der Waals surface area contributed by atoms with E-state index in [0.717, 1.165) is 31.3 Å². The summed E-state index contributed by atoms with van der Waals surface area (Å²) in [6.07, 6.45) is 7.78. The summed E-state index contributed by atoms with van der Waals surface area (Å²) in [7, 11) is 4.16. The van der Waals surface area contributed by atoms with Crippen LogP contribution in [0.5, 0.6) is 0 Å². The van der Waals surface area contributed by atoms with Gasteiger partial charge in [0.2, 0.25) is 0 Å². The SMILES string of the molecule is COCOC(C)(C)C(=O)C[C@H](C)[C@H](C)[C@H]1CC[C@H]2C3=CC=C4C[C@@H](OC(=O)OC)C[C@H](OC(=O)OC)[C@]4(C)[C@H]3CC[C@]12C. The van der Waals surface area contributed by atoms with Crippen molar-refractivity contribution in [3.8, 4) is 0 Å². The quantitative estimate of drug-likeness (QED) is 0.192. The van der Waals surface area contributed by atoms with Gasteiger partial charge in [0, 0.05) is 31.8 Å². The number of Topliss-reactive ketones (excluding diaryl/α,β-unsaturated/α-hetero) is 1. The lowest BCUT2D eigenvalue weighted by Gasteiger charge is -2.57. The first-order valence-corrected chi connectivity index (χ1v) is 15.8. The molecule has 4 aliphatic carbocycles. The van der Waals surface area contributed by atoms with E-state index >= 15 is 0 Å². The number of ketones is 1. The highest BCUT2D eigenvalue weighted by Crippen LogP contribution is 2.66. The van der Waals surface area contributed by atoms with Crippen LogP contribution < -0.4 is 0 Å². The molecule has 3 saturated carbocycles. The van der Waals surface area contributed by atoms with Gasteiger partial charge >= 0.3 is 12.3 Å². The Hall–Kier alpha value is -2.39. The minimum atomic E-state index is -0.875. The highest BCUT2D eigenvalue weighted by atomic mass is 16.7. The summed E-state index contributed by atoms with van der Waals surface area (Å²) in [6.45, 7) is 12.9. The third-order valence-electron chi connectivity index (χ3n) is 11.8. The summed E-state index contributed by atoms with van der Waals surface area (Å²) in [5.41, 5.74) is 1.39. The van der Waals surface area contributed by atoms with Gasteiger partial charge in [-0.3, -0.25) is 4.79 Å². The van der Waals surface area contributed by atoms with Gasteiger partial charge in [0.05, 0.1) is 14.2 Å². The molecule has 9 nitrogen and oxygen atoms in total. The van der Waals surface area contributed by atoms with Crippen LogP contribution in [-0.2, 0) is 33.2 Å². The first-order chi connectivity index (χ1) is 20.2. The molecular formula is C34H52O9. The Balaban J connectivity index is 1.56. The molecule has 4 rings (SSSR count). The van der Waals surface area contributed by atoms with Crippen molar-refractivity contribution in [1.82, 2.24) is 0 Å². The molecule has 0 radical (unpaired) electrons. The first-order valence-electron chi connectivity index (χ1n) is 15.8. The van der Waals surface area contributed by atoms with Crippen molar-refractivity contribution in [2.24, 2.45) is 40.4 Å². The van der Waals surface area contributed by atoms with Crippen LogP contribution >= 0.6 is 0 Å². The second kappa shape index (κ2) is 12.9. The smallest absolute Gasteiger partial charge is 0.438 e. The maximum absolute atomic E-state index is 13.2. The van der Waals surface area contributed by atoms with Gasteiger partial charge < -0.3 is 28.4 Å². The fourth-order valence-corrected chi connectivity index (χ4v) is 8.93. The van der Waals surface area contributed by atoms with E-state index in [2.05, 4.69) is 39.8 Å². The predicted molar refractivity (Wildman–Crippen MR) is 160 cm³/mol. The van der Waals surface area contributed by atoms with Gasteiger partial charge in [-0.1, -0.05) is 51.0 Å². The van der Waals surface area contributed by atoms with Gasteiger partial charge in [-0.05, 0) is 74.5 Å². The number of hydrogen-bond acceptors (Lipinski definition) is 9. The lowest BCUT2D eigenvalue weighted by atomic mass is 9.49. The van der Waals surface area contributed by atoms with Crippen molar-refractivity contribution >= 4 is 18.1 Å². The first kappa shape index (κ1) is 33.5. The fraction of sp³-hybridized carbons (Fsp3) is 0.794. The zero-order valence-electron chi connectivity index (χ0n) is 27.5. The van der Waals surface area contributed by atoms with Gasteiger partial charge in [-0.15, -0.1) is 0 Å². The zero-order chi connectivity index (χ0) is 31.7. The molecular weight excluding hydrogens is 552 g/mol. The molecule has 9 heteroatoms. The molecule has 0 unspecified atom stereocenters. The lowest BCUT2D eigenvalue weighted by molar-refractivity contribution is -0.157. The van der Waals surface area contributed by atoms with E-state index in [0.29, 0.717) is 37.0 Å². The van der Waals surface area contributed by atoms with Crippen molar-refractivity contribution in [1.29, 1.82) is 0 Å². The lowest BCUT2D eigenvalue weighted by Crippen LogP contribution is -2.54. The normalized spacial score (nSPS) is 34.8. The Kier molecular flexibility index (Phi) is 10.1. The largest absolute Gasteiger partial charge is 0.508 e. The van der Waals surface area contributed by atoms with E-state index in [-0.39, 0.29) is 29.8 Å². The average Bonchev–Trinajstić information content (AvgIpc) is 3.33. The fourth-order valence-electron chi connectivity index (χ4n) is 8.93. The third-order valence-corrected chi connectivity index (χ3v) is 11.8. The Morgan fingerprint density at radius 3 is 2.28 bits per heavy atom. The highest BCUT2D eigenvalue weighted by Gasteiger charge is 2.60. The number of allylic oxidation sites excluding steroid dienone is 3. The second-order valence-corrected chi connectivity index (χ2v) is 14.2. The van der Waals surface area contributed by atoms with E-state index in [1.54, 1.807) is 7.11 Å². The molecule has 242 valence electrons. The van der Waals surface area contributed by atoms with Crippen LogP contribution in [0.2, 0.25) is 0 Å². The van der Waals surface area contributed by atoms with Crippen molar-refractivity contribution in [2.45, 2.75) is 104 Å². The minimum Gasteiger partial charge on any atom is -0.438 e. The van der Waals surface area contributed by atoms with Gasteiger partial charge in [-0.25, -0.2) is 9.59 Å². The van der Waals surface area contributed by atoms with Crippen molar-refractivity contribution < 1.29 is 42.8 Å². The van der Waals surface area contributed by atoms with E-state index < -0.39 is 35.5 Å². The predicted octanol–water partition coefficient (Wildman–Crippen LogP) is 7.03. The Labute approximate surface area is 257 Å². The van der Waals surface area contributed by atoms with Crippen molar-refractivity contribution in [3.63, 3.8) is 0 Å². The summed E-state index contributed by atoms with van der Waals surface area (Å²) >= 11 is 0. The van der Waals surface area contributed by atoms with Crippen LogP contribution in [0, 0.1) is 40.4 Å².